The summed E-state index contributed by atoms with van der Waals surface area (Å²) in [6.07, 6.45) is -4.89. The molecule has 5 atom stereocenters. The second-order valence-corrected chi connectivity index (χ2v) is 2.69. The lowest BCUT2D eigenvalue weighted by Gasteiger charge is -2.40. The van der Waals surface area contributed by atoms with E-state index in [1.165, 1.54) is 0 Å². The molecule has 1 unspecified atom stereocenters. The minimum atomic E-state index is -2.54. The zero-order valence-corrected chi connectivity index (χ0v) is 6.16. The van der Waals surface area contributed by atoms with Crippen LogP contribution in [0.15, 0.2) is 0 Å². The molecule has 0 saturated carbocycles. The third-order valence-corrected chi connectivity index (χ3v) is 1.81. The molecule has 1 aliphatic rings. The molecule has 6 heteroatoms. The van der Waals surface area contributed by atoms with Crippen molar-refractivity contribution in [1.82, 2.24) is 0 Å². The first kappa shape index (κ1) is 8.36. The van der Waals surface area contributed by atoms with Gasteiger partial charge in [0.15, 0.2) is 0 Å². The van der Waals surface area contributed by atoms with Gasteiger partial charge in [-0.05, 0) is 0 Å². The monoisotopic (exact) mass is 181 g/mol. The van der Waals surface area contributed by atoms with Crippen molar-refractivity contribution >= 4 is 0 Å². The smallest absolute Gasteiger partial charge is 0.218 e. The van der Waals surface area contributed by atoms with Crippen LogP contribution in [-0.4, -0.2) is 62.8 Å². The van der Waals surface area contributed by atoms with Gasteiger partial charge in [-0.2, -0.15) is 0 Å². The van der Waals surface area contributed by atoms with Gasteiger partial charge >= 0.3 is 0 Å². The third kappa shape index (κ3) is 1.45. The Morgan fingerprint density at radius 1 is 1.50 bits per heavy atom. The Morgan fingerprint density at radius 2 is 2.08 bits per heavy atom. The van der Waals surface area contributed by atoms with Crippen molar-refractivity contribution in [3.05, 3.63) is 0 Å². The summed E-state index contributed by atoms with van der Waals surface area (Å²) in [4.78, 5) is 0. The van der Waals surface area contributed by atoms with Crippen LogP contribution in [0.1, 0.15) is 1.37 Å². The van der Waals surface area contributed by atoms with Crippen LogP contribution in [-0.2, 0) is 4.74 Å². The molecule has 1 rings (SSSR count). The Balaban J connectivity index is 2.79. The molecule has 1 aliphatic heterocycles. The largest absolute Gasteiger partial charge is 0.391 e. The highest BCUT2D eigenvalue weighted by molar-refractivity contribution is 4.90. The van der Waals surface area contributed by atoms with Crippen molar-refractivity contribution in [3.63, 3.8) is 0 Å². The second kappa shape index (κ2) is 3.25. The van der Waals surface area contributed by atoms with Crippen LogP contribution >= 0.6 is 0 Å². The van der Waals surface area contributed by atoms with E-state index in [9.17, 15) is 10.2 Å². The Labute approximate surface area is 70.0 Å². The third-order valence-electron chi connectivity index (χ3n) is 1.81. The van der Waals surface area contributed by atoms with Crippen LogP contribution in [0.5, 0.6) is 0 Å². The fourth-order valence-electron chi connectivity index (χ4n) is 0.972. The lowest BCUT2D eigenvalue weighted by atomic mass is 9.98. The second-order valence-electron chi connectivity index (χ2n) is 2.69. The number of ether oxygens (including phenoxy) is 1. The standard InChI is InChI=1S/C6H12O6/c7-2-6(11)5(10)4(9)3(8)1-12-6/h3-5,7-11H,1-2H2/t3-,4-,5+,6?/m1/s1/i2D/t2-,3-,4-,5+,6?. The first-order chi connectivity index (χ1) is 5.89. The molecule has 1 saturated heterocycles. The lowest BCUT2D eigenvalue weighted by Crippen LogP contribution is -2.62. The van der Waals surface area contributed by atoms with Crippen molar-refractivity contribution in [1.29, 1.82) is 0 Å². The molecule has 0 aromatic carbocycles. The molecule has 0 bridgehead atoms. The summed E-state index contributed by atoms with van der Waals surface area (Å²) in [6.45, 7) is -2.56. The van der Waals surface area contributed by atoms with Crippen LogP contribution in [0.2, 0.25) is 0 Å². The van der Waals surface area contributed by atoms with Crippen LogP contribution in [0, 0.1) is 0 Å². The maximum absolute atomic E-state index is 9.32. The highest BCUT2D eigenvalue weighted by atomic mass is 16.7. The van der Waals surface area contributed by atoms with Crippen molar-refractivity contribution < 1.29 is 31.6 Å². The van der Waals surface area contributed by atoms with E-state index >= 15 is 0 Å². The van der Waals surface area contributed by atoms with Gasteiger partial charge in [-0.3, -0.25) is 0 Å². The highest BCUT2D eigenvalue weighted by Crippen LogP contribution is 2.22. The Bertz CT molecular complexity index is 188. The quantitative estimate of drug-likeness (QED) is 0.291. The Morgan fingerprint density at radius 3 is 2.58 bits per heavy atom. The average molecular weight is 181 g/mol. The van der Waals surface area contributed by atoms with Crippen molar-refractivity contribution in [2.45, 2.75) is 24.1 Å². The zero-order valence-electron chi connectivity index (χ0n) is 7.16. The van der Waals surface area contributed by atoms with E-state index in [1.807, 2.05) is 0 Å². The topological polar surface area (TPSA) is 110 Å². The Hall–Kier alpha value is -0.240. The summed E-state index contributed by atoms with van der Waals surface area (Å²) < 4.78 is 11.3. The fraction of sp³-hybridized carbons (Fsp3) is 1.00. The minimum Gasteiger partial charge on any atom is -0.391 e. The first-order valence-electron chi connectivity index (χ1n) is 3.98. The SMILES string of the molecule is [2H][C@@H](O)C1(O)OC[C@@H](O)[C@@H](O)[C@@H]1O. The van der Waals surface area contributed by atoms with E-state index in [4.69, 9.17) is 16.7 Å². The van der Waals surface area contributed by atoms with Crippen LogP contribution < -0.4 is 0 Å². The van der Waals surface area contributed by atoms with Gasteiger partial charge in [0.25, 0.3) is 0 Å². The molecule has 6 nitrogen and oxygen atoms in total. The molecule has 0 amide bonds. The van der Waals surface area contributed by atoms with Crippen molar-refractivity contribution in [2.75, 3.05) is 13.2 Å². The fourth-order valence-corrected chi connectivity index (χ4v) is 0.972. The summed E-state index contributed by atoms with van der Waals surface area (Å²) in [5, 5.41) is 45.3. The number of aliphatic hydroxyl groups excluding tert-OH is 4. The summed E-state index contributed by atoms with van der Waals surface area (Å²) in [7, 11) is 0. The predicted octanol–water partition coefficient (Wildman–Crippen LogP) is -3.22. The van der Waals surface area contributed by atoms with E-state index in [0.29, 0.717) is 0 Å². The number of hydrogen-bond acceptors (Lipinski definition) is 6. The minimum absolute atomic E-state index is 0.454. The maximum atomic E-state index is 9.32. The number of aliphatic hydroxyl groups is 5. The van der Waals surface area contributed by atoms with Crippen LogP contribution in [0.25, 0.3) is 0 Å². The summed E-state index contributed by atoms with van der Waals surface area (Å²) in [5.41, 5.74) is 0. The zero-order chi connectivity index (χ0) is 10.2. The van der Waals surface area contributed by atoms with E-state index in [-0.39, 0.29) is 0 Å². The van der Waals surface area contributed by atoms with E-state index in [0.717, 1.165) is 0 Å². The molecular formula is C6H12O6. The molecule has 1 heterocycles. The average Bonchev–Trinajstić information content (AvgIpc) is 2.08. The van der Waals surface area contributed by atoms with Crippen molar-refractivity contribution in [3.8, 4) is 0 Å². The molecule has 0 aromatic rings. The maximum Gasteiger partial charge on any atom is 0.218 e. The van der Waals surface area contributed by atoms with Gasteiger partial charge in [-0.25, -0.2) is 0 Å². The molecule has 0 aromatic heterocycles. The molecule has 72 valence electrons. The molecule has 0 spiro atoms. The van der Waals surface area contributed by atoms with E-state index in [2.05, 4.69) is 4.74 Å². The highest BCUT2D eigenvalue weighted by Gasteiger charge is 2.47. The normalized spacial score (nSPS) is 53.1. The van der Waals surface area contributed by atoms with Gasteiger partial charge in [0.1, 0.15) is 18.3 Å². The molecule has 5 N–H and O–H groups in total. The van der Waals surface area contributed by atoms with Gasteiger partial charge in [0.2, 0.25) is 5.79 Å². The number of rotatable bonds is 1. The van der Waals surface area contributed by atoms with E-state index in [1.54, 1.807) is 0 Å². The molecule has 0 aliphatic carbocycles. The Kier molecular flexibility index (Phi) is 2.26. The van der Waals surface area contributed by atoms with Gasteiger partial charge in [-0.15, -0.1) is 0 Å². The van der Waals surface area contributed by atoms with Gasteiger partial charge in [0, 0.05) is 0 Å². The summed E-state index contributed by atoms with van der Waals surface area (Å²) in [6, 6.07) is 0. The van der Waals surface area contributed by atoms with E-state index < -0.39 is 37.3 Å². The predicted molar refractivity (Wildman–Crippen MR) is 36.0 cm³/mol. The molecule has 12 heavy (non-hydrogen) atoms. The van der Waals surface area contributed by atoms with Gasteiger partial charge in [-0.1, -0.05) is 0 Å². The van der Waals surface area contributed by atoms with Gasteiger partial charge in [0.05, 0.1) is 14.6 Å². The van der Waals surface area contributed by atoms with Gasteiger partial charge < -0.3 is 30.3 Å². The number of hydrogen-bond donors (Lipinski definition) is 5. The summed E-state index contributed by atoms with van der Waals surface area (Å²) in [5.74, 6) is -2.54. The van der Waals surface area contributed by atoms with Crippen LogP contribution in [0.3, 0.4) is 0 Å². The molecule has 0 radical (unpaired) electrons. The van der Waals surface area contributed by atoms with Crippen LogP contribution in [0.4, 0.5) is 0 Å². The molecule has 1 fully saturated rings. The molecular weight excluding hydrogens is 168 g/mol. The van der Waals surface area contributed by atoms with Crippen molar-refractivity contribution in [2.24, 2.45) is 0 Å². The first-order valence-corrected chi connectivity index (χ1v) is 3.40. The lowest BCUT2D eigenvalue weighted by molar-refractivity contribution is -0.331. The summed E-state index contributed by atoms with van der Waals surface area (Å²) >= 11 is 0.